The lowest BCUT2D eigenvalue weighted by Crippen LogP contribution is -2.27. The minimum Gasteiger partial charge on any atom is -0.349 e. The number of carbonyl (C=O) groups is 1. The fraction of sp³-hybridized carbons (Fsp3) is 0.200. The van der Waals surface area contributed by atoms with Gasteiger partial charge in [-0.1, -0.05) is 23.7 Å². The molecule has 0 radical (unpaired) electrons. The van der Waals surface area contributed by atoms with Crippen molar-refractivity contribution >= 4 is 33.2 Å². The van der Waals surface area contributed by atoms with Crippen LogP contribution in [0.15, 0.2) is 47.5 Å². The zero-order valence-electron chi connectivity index (χ0n) is 12.0. The van der Waals surface area contributed by atoms with E-state index in [0.29, 0.717) is 0 Å². The monoisotopic (exact) mass is 351 g/mol. The first-order valence-electron chi connectivity index (χ1n) is 7.00. The number of nitrogens with zero attached hydrogens (tertiary/aromatic N) is 1. The first-order valence-corrected chi connectivity index (χ1v) is 8.86. The summed E-state index contributed by atoms with van der Waals surface area (Å²) >= 11 is 5.66. The largest absolute Gasteiger partial charge is 0.349 e. The third-order valence-electron chi connectivity index (χ3n) is 3.34. The predicted octanol–water partition coefficient (Wildman–Crippen LogP) is 2.43. The molecule has 1 saturated carbocycles. The molecule has 0 atom stereocenters. The molecule has 1 aliphatic carbocycles. The average Bonchev–Trinajstić information content (AvgIpc) is 3.31. The Labute approximate surface area is 138 Å². The number of amides is 1. The van der Waals surface area contributed by atoms with E-state index >= 15 is 0 Å². The molecule has 2 aromatic rings. The molecule has 0 aliphatic heterocycles. The van der Waals surface area contributed by atoms with Gasteiger partial charge in [-0.2, -0.15) is 0 Å². The predicted molar refractivity (Wildman–Crippen MR) is 87.0 cm³/mol. The second-order valence-corrected chi connectivity index (χ2v) is 7.29. The van der Waals surface area contributed by atoms with Gasteiger partial charge >= 0.3 is 0 Å². The quantitative estimate of drug-likeness (QED) is 0.810. The van der Waals surface area contributed by atoms with Crippen LogP contribution in [0, 0.1) is 0 Å². The van der Waals surface area contributed by atoms with Gasteiger partial charge in [-0.3, -0.25) is 9.52 Å². The molecule has 3 rings (SSSR count). The maximum Gasteiger partial charge on any atom is 0.263 e. The summed E-state index contributed by atoms with van der Waals surface area (Å²) in [6.45, 7) is 0. The Morgan fingerprint density at radius 2 is 1.91 bits per heavy atom. The molecule has 0 bridgehead atoms. The van der Waals surface area contributed by atoms with Crippen LogP contribution in [0.25, 0.3) is 0 Å². The minimum absolute atomic E-state index is 0.0284. The minimum atomic E-state index is -3.85. The van der Waals surface area contributed by atoms with E-state index in [-0.39, 0.29) is 33.2 Å². The van der Waals surface area contributed by atoms with Crippen LogP contribution >= 0.6 is 11.6 Å². The molecule has 0 unspecified atom stereocenters. The zero-order chi connectivity index (χ0) is 16.4. The molecule has 0 spiro atoms. The van der Waals surface area contributed by atoms with Gasteiger partial charge in [0.05, 0.1) is 11.3 Å². The van der Waals surface area contributed by atoms with Crippen LogP contribution in [-0.2, 0) is 10.0 Å². The van der Waals surface area contributed by atoms with Gasteiger partial charge in [0.25, 0.3) is 15.9 Å². The van der Waals surface area contributed by atoms with Crippen LogP contribution in [0.1, 0.15) is 23.2 Å². The normalized spacial score (nSPS) is 14.3. The highest BCUT2D eigenvalue weighted by atomic mass is 35.5. The second kappa shape index (κ2) is 6.17. The van der Waals surface area contributed by atoms with Gasteiger partial charge in [-0.15, -0.1) is 0 Å². The van der Waals surface area contributed by atoms with Crippen LogP contribution in [-0.4, -0.2) is 25.4 Å². The number of carbonyl (C=O) groups excluding carboxylic acids is 1. The summed E-state index contributed by atoms with van der Waals surface area (Å²) in [7, 11) is -3.85. The van der Waals surface area contributed by atoms with Crippen molar-refractivity contribution in [1.82, 2.24) is 10.3 Å². The van der Waals surface area contributed by atoms with E-state index in [1.54, 1.807) is 24.3 Å². The molecule has 0 saturated heterocycles. The number of sulfonamides is 1. The third-order valence-corrected chi connectivity index (χ3v) is 4.91. The maximum atomic E-state index is 12.4. The fourth-order valence-corrected chi connectivity index (χ4v) is 3.12. The average molecular weight is 352 g/mol. The van der Waals surface area contributed by atoms with Gasteiger partial charge in [0.1, 0.15) is 10.0 Å². The van der Waals surface area contributed by atoms with Crippen LogP contribution in [0.5, 0.6) is 0 Å². The Hall–Kier alpha value is -2.12. The SMILES string of the molecule is O=C(NC1CC1)c1ccccc1NS(=O)(=O)c1ccc(Cl)nc1. The number of aromatic nitrogens is 1. The van der Waals surface area contributed by atoms with E-state index in [9.17, 15) is 13.2 Å². The van der Waals surface area contributed by atoms with E-state index in [1.807, 2.05) is 0 Å². The summed E-state index contributed by atoms with van der Waals surface area (Å²) in [5, 5.41) is 3.04. The van der Waals surface area contributed by atoms with Gasteiger partial charge in [0, 0.05) is 12.2 Å². The zero-order valence-corrected chi connectivity index (χ0v) is 13.6. The Morgan fingerprint density at radius 3 is 2.57 bits per heavy atom. The number of hydrogen-bond donors (Lipinski definition) is 2. The third kappa shape index (κ3) is 3.80. The molecule has 1 aromatic carbocycles. The molecule has 1 heterocycles. The van der Waals surface area contributed by atoms with Crippen molar-refractivity contribution in [2.45, 2.75) is 23.8 Å². The van der Waals surface area contributed by atoms with Crippen molar-refractivity contribution < 1.29 is 13.2 Å². The molecule has 6 nitrogen and oxygen atoms in total. The number of halogens is 1. The summed E-state index contributed by atoms with van der Waals surface area (Å²) in [5.74, 6) is -0.292. The highest BCUT2D eigenvalue weighted by Gasteiger charge is 2.25. The summed E-state index contributed by atoms with van der Waals surface area (Å²) in [5.41, 5.74) is 0.505. The van der Waals surface area contributed by atoms with Crippen LogP contribution in [0.2, 0.25) is 5.15 Å². The highest BCUT2D eigenvalue weighted by Crippen LogP contribution is 2.23. The van der Waals surface area contributed by atoms with E-state index in [2.05, 4.69) is 15.0 Å². The first-order chi connectivity index (χ1) is 11.0. The lowest BCUT2D eigenvalue weighted by molar-refractivity contribution is 0.0952. The molecule has 1 fully saturated rings. The highest BCUT2D eigenvalue weighted by molar-refractivity contribution is 7.92. The summed E-state index contributed by atoms with van der Waals surface area (Å²) in [6, 6.07) is 9.40. The fourth-order valence-electron chi connectivity index (χ4n) is 1.99. The van der Waals surface area contributed by atoms with Gasteiger partial charge in [-0.25, -0.2) is 13.4 Å². The molecular formula is C15H14ClN3O3S. The first kappa shape index (κ1) is 15.8. The van der Waals surface area contributed by atoms with E-state index in [0.717, 1.165) is 19.0 Å². The summed E-state index contributed by atoms with van der Waals surface area (Å²) in [6.07, 6.45) is 3.07. The maximum absolute atomic E-state index is 12.4. The molecule has 8 heteroatoms. The van der Waals surface area contributed by atoms with Crippen molar-refractivity contribution in [3.63, 3.8) is 0 Å². The van der Waals surface area contributed by atoms with Crippen molar-refractivity contribution in [1.29, 1.82) is 0 Å². The smallest absolute Gasteiger partial charge is 0.263 e. The van der Waals surface area contributed by atoms with Crippen LogP contribution in [0.4, 0.5) is 5.69 Å². The van der Waals surface area contributed by atoms with Crippen molar-refractivity contribution in [2.75, 3.05) is 4.72 Å². The van der Waals surface area contributed by atoms with Gasteiger partial charge < -0.3 is 5.32 Å². The molecule has 23 heavy (non-hydrogen) atoms. The Morgan fingerprint density at radius 1 is 1.17 bits per heavy atom. The van der Waals surface area contributed by atoms with E-state index < -0.39 is 10.0 Å². The number of hydrogen-bond acceptors (Lipinski definition) is 4. The number of para-hydroxylation sites is 1. The standard InChI is InChI=1S/C15H14ClN3O3S/c16-14-8-7-11(9-17-14)23(21,22)19-13-4-2-1-3-12(13)15(20)18-10-5-6-10/h1-4,7-10,19H,5-6H2,(H,18,20). The van der Waals surface area contributed by atoms with Gasteiger partial charge in [-0.05, 0) is 37.1 Å². The molecule has 1 amide bonds. The lowest BCUT2D eigenvalue weighted by Gasteiger charge is -2.12. The van der Waals surface area contributed by atoms with Crippen molar-refractivity contribution in [2.24, 2.45) is 0 Å². The lowest BCUT2D eigenvalue weighted by atomic mass is 10.1. The summed E-state index contributed by atoms with van der Waals surface area (Å²) in [4.78, 5) is 15.9. The summed E-state index contributed by atoms with van der Waals surface area (Å²) < 4.78 is 27.2. The Balaban J connectivity index is 1.87. The molecule has 1 aromatic heterocycles. The van der Waals surface area contributed by atoms with E-state index in [4.69, 9.17) is 11.6 Å². The number of nitrogens with one attached hydrogen (secondary N) is 2. The molecule has 1 aliphatic rings. The Kier molecular flexibility index (Phi) is 4.23. The Bertz CT molecular complexity index is 833. The topological polar surface area (TPSA) is 88.2 Å². The van der Waals surface area contributed by atoms with Gasteiger partial charge in [0.2, 0.25) is 0 Å². The number of anilines is 1. The molecule has 2 N–H and O–H groups in total. The number of benzene rings is 1. The molecule has 120 valence electrons. The van der Waals surface area contributed by atoms with Gasteiger partial charge in [0.15, 0.2) is 0 Å². The van der Waals surface area contributed by atoms with E-state index in [1.165, 1.54) is 12.1 Å². The second-order valence-electron chi connectivity index (χ2n) is 5.22. The van der Waals surface area contributed by atoms with Crippen molar-refractivity contribution in [3.8, 4) is 0 Å². The molecular weight excluding hydrogens is 338 g/mol. The number of rotatable bonds is 5. The van der Waals surface area contributed by atoms with Crippen LogP contribution < -0.4 is 10.0 Å². The van der Waals surface area contributed by atoms with Crippen molar-refractivity contribution in [3.05, 3.63) is 53.3 Å². The van der Waals surface area contributed by atoms with Crippen LogP contribution in [0.3, 0.4) is 0 Å². The number of pyridine rings is 1.